The number of hydrogen-bond acceptors (Lipinski definition) is 3. The Morgan fingerprint density at radius 3 is 2.33 bits per heavy atom. The van der Waals surface area contributed by atoms with Crippen LogP contribution in [0.15, 0.2) is 84.4 Å². The van der Waals surface area contributed by atoms with E-state index in [4.69, 9.17) is 11.6 Å². The highest BCUT2D eigenvalue weighted by molar-refractivity contribution is 6.30. The van der Waals surface area contributed by atoms with Crippen LogP contribution in [0.3, 0.4) is 0 Å². The molecule has 1 aliphatic rings. The first-order chi connectivity index (χ1) is 14.4. The number of halogens is 1. The van der Waals surface area contributed by atoms with E-state index in [1.54, 1.807) is 36.4 Å². The first-order valence-corrected chi connectivity index (χ1v) is 9.47. The summed E-state index contributed by atoms with van der Waals surface area (Å²) >= 11 is 6.01. The van der Waals surface area contributed by atoms with Gasteiger partial charge in [-0.3, -0.25) is 9.69 Å². The number of aromatic carboxylic acids is 1. The lowest BCUT2D eigenvalue weighted by molar-refractivity contribution is -0.113. The van der Waals surface area contributed by atoms with E-state index in [9.17, 15) is 19.8 Å². The van der Waals surface area contributed by atoms with E-state index in [0.29, 0.717) is 22.0 Å². The molecule has 0 spiro atoms. The highest BCUT2D eigenvalue weighted by Crippen LogP contribution is 2.37. The third-order valence-corrected chi connectivity index (χ3v) is 4.97. The zero-order valence-corrected chi connectivity index (χ0v) is 16.4. The van der Waals surface area contributed by atoms with Gasteiger partial charge in [0.15, 0.2) is 0 Å². The van der Waals surface area contributed by atoms with Gasteiger partial charge in [0.1, 0.15) is 11.3 Å². The standard InChI is InChI=1S/C24H16ClNO4/c25-18-8-6-16(7-9-18)21-13-17(12-15-4-2-1-3-5-15)23(28)26(21)19-10-11-22(27)20(14-19)24(29)30/h1-14,27H,(H,29,30)/b17-12+. The van der Waals surface area contributed by atoms with E-state index in [1.807, 2.05) is 30.3 Å². The highest BCUT2D eigenvalue weighted by Gasteiger charge is 2.31. The van der Waals surface area contributed by atoms with Crippen molar-refractivity contribution in [2.75, 3.05) is 4.90 Å². The fourth-order valence-electron chi connectivity index (χ4n) is 3.27. The molecule has 1 amide bonds. The fourth-order valence-corrected chi connectivity index (χ4v) is 3.39. The number of nitrogens with zero attached hydrogens (tertiary/aromatic N) is 1. The second-order valence-corrected chi connectivity index (χ2v) is 7.13. The number of carboxylic acid groups (broad SMARTS) is 1. The van der Waals surface area contributed by atoms with Crippen molar-refractivity contribution in [3.8, 4) is 5.75 Å². The van der Waals surface area contributed by atoms with Crippen LogP contribution in [0.5, 0.6) is 5.75 Å². The summed E-state index contributed by atoms with van der Waals surface area (Å²) in [6.07, 6.45) is 3.53. The van der Waals surface area contributed by atoms with Crippen LogP contribution in [0, 0.1) is 0 Å². The molecule has 0 fully saturated rings. The third kappa shape index (κ3) is 3.71. The zero-order chi connectivity index (χ0) is 21.3. The van der Waals surface area contributed by atoms with Gasteiger partial charge in [-0.2, -0.15) is 0 Å². The monoisotopic (exact) mass is 417 g/mol. The minimum Gasteiger partial charge on any atom is -0.507 e. The quantitative estimate of drug-likeness (QED) is 0.571. The predicted molar refractivity (Wildman–Crippen MR) is 116 cm³/mol. The van der Waals surface area contributed by atoms with Crippen LogP contribution < -0.4 is 4.90 Å². The molecule has 2 N–H and O–H groups in total. The van der Waals surface area contributed by atoms with Crippen LogP contribution in [0.4, 0.5) is 5.69 Å². The normalized spacial score (nSPS) is 14.8. The Hall–Kier alpha value is -3.83. The average molecular weight is 418 g/mol. The molecule has 0 unspecified atom stereocenters. The second-order valence-electron chi connectivity index (χ2n) is 6.69. The Labute approximate surface area is 177 Å². The first-order valence-electron chi connectivity index (χ1n) is 9.09. The molecule has 0 atom stereocenters. The summed E-state index contributed by atoms with van der Waals surface area (Å²) in [6.45, 7) is 0. The lowest BCUT2D eigenvalue weighted by atomic mass is 10.1. The molecule has 1 aliphatic heterocycles. The van der Waals surface area contributed by atoms with Gasteiger partial charge >= 0.3 is 5.97 Å². The number of benzene rings is 3. The van der Waals surface area contributed by atoms with Crippen molar-refractivity contribution in [1.29, 1.82) is 0 Å². The van der Waals surface area contributed by atoms with E-state index in [2.05, 4.69) is 0 Å². The van der Waals surface area contributed by atoms with Gasteiger partial charge in [-0.15, -0.1) is 0 Å². The first kappa shape index (κ1) is 19.5. The summed E-state index contributed by atoms with van der Waals surface area (Å²) in [4.78, 5) is 26.2. The summed E-state index contributed by atoms with van der Waals surface area (Å²) in [5, 5.41) is 19.8. The molecule has 148 valence electrons. The molecule has 1 heterocycles. The average Bonchev–Trinajstić information content (AvgIpc) is 3.05. The maximum absolute atomic E-state index is 13.3. The van der Waals surface area contributed by atoms with Gasteiger partial charge in [-0.25, -0.2) is 4.79 Å². The van der Waals surface area contributed by atoms with E-state index in [-0.39, 0.29) is 17.2 Å². The molecule has 0 bridgehead atoms. The summed E-state index contributed by atoms with van der Waals surface area (Å²) < 4.78 is 0. The molecule has 0 saturated carbocycles. The number of amides is 1. The lowest BCUT2D eigenvalue weighted by Gasteiger charge is -2.21. The van der Waals surface area contributed by atoms with Crippen LogP contribution >= 0.6 is 11.6 Å². The Bertz CT molecular complexity index is 1200. The maximum Gasteiger partial charge on any atom is 0.339 e. The van der Waals surface area contributed by atoms with Crippen molar-refractivity contribution in [2.45, 2.75) is 0 Å². The minimum absolute atomic E-state index is 0.281. The summed E-state index contributed by atoms with van der Waals surface area (Å²) in [6, 6.07) is 20.5. The number of hydrogen-bond donors (Lipinski definition) is 2. The number of rotatable bonds is 4. The number of carbonyl (C=O) groups excluding carboxylic acids is 1. The number of phenols is 1. The Kier molecular flexibility index (Phi) is 5.12. The topological polar surface area (TPSA) is 77.8 Å². The van der Waals surface area contributed by atoms with Crippen molar-refractivity contribution in [2.24, 2.45) is 0 Å². The van der Waals surface area contributed by atoms with Crippen LogP contribution in [-0.4, -0.2) is 22.1 Å². The molecule has 4 rings (SSSR count). The SMILES string of the molecule is O=C(O)c1cc(N2C(=O)/C(=C/c3ccccc3)C=C2c2ccc(Cl)cc2)ccc1O. The summed E-state index contributed by atoms with van der Waals surface area (Å²) in [5.74, 6) is -1.95. The lowest BCUT2D eigenvalue weighted by Crippen LogP contribution is -2.25. The summed E-state index contributed by atoms with van der Waals surface area (Å²) in [7, 11) is 0. The predicted octanol–water partition coefficient (Wildman–Crippen LogP) is 5.22. The van der Waals surface area contributed by atoms with Gasteiger partial charge in [0.25, 0.3) is 5.91 Å². The number of carbonyl (C=O) groups is 2. The van der Waals surface area contributed by atoms with Crippen molar-refractivity contribution in [3.05, 3.63) is 106 Å². The van der Waals surface area contributed by atoms with E-state index in [0.717, 1.165) is 11.1 Å². The Morgan fingerprint density at radius 1 is 0.967 bits per heavy atom. The second kappa shape index (κ2) is 7.89. The smallest absolute Gasteiger partial charge is 0.339 e. The molecular weight excluding hydrogens is 402 g/mol. The van der Waals surface area contributed by atoms with Gasteiger partial charge in [0.05, 0.1) is 11.4 Å². The molecule has 0 radical (unpaired) electrons. The van der Waals surface area contributed by atoms with Crippen LogP contribution in [0.2, 0.25) is 5.02 Å². The van der Waals surface area contributed by atoms with Gasteiger partial charge < -0.3 is 10.2 Å². The molecule has 30 heavy (non-hydrogen) atoms. The van der Waals surface area contributed by atoms with Crippen molar-refractivity contribution >= 4 is 40.9 Å². The molecule has 0 aliphatic carbocycles. The van der Waals surface area contributed by atoms with Crippen LogP contribution in [0.1, 0.15) is 21.5 Å². The van der Waals surface area contributed by atoms with Crippen LogP contribution in [-0.2, 0) is 4.79 Å². The van der Waals surface area contributed by atoms with Gasteiger partial charge in [0.2, 0.25) is 0 Å². The molecule has 6 heteroatoms. The van der Waals surface area contributed by atoms with Crippen LogP contribution in [0.25, 0.3) is 11.8 Å². The van der Waals surface area contributed by atoms with E-state index in [1.165, 1.54) is 23.1 Å². The minimum atomic E-state index is -1.28. The molecule has 0 aromatic heterocycles. The molecule has 3 aromatic rings. The molecule has 5 nitrogen and oxygen atoms in total. The third-order valence-electron chi connectivity index (χ3n) is 4.71. The Balaban J connectivity index is 1.85. The largest absolute Gasteiger partial charge is 0.507 e. The molecular formula is C24H16ClNO4. The van der Waals surface area contributed by atoms with Gasteiger partial charge in [-0.05, 0) is 53.6 Å². The molecule has 0 saturated heterocycles. The number of aromatic hydroxyl groups is 1. The zero-order valence-electron chi connectivity index (χ0n) is 15.6. The van der Waals surface area contributed by atoms with Crippen molar-refractivity contribution in [3.63, 3.8) is 0 Å². The highest BCUT2D eigenvalue weighted by atomic mass is 35.5. The van der Waals surface area contributed by atoms with Gasteiger partial charge in [0, 0.05) is 10.6 Å². The number of anilines is 1. The van der Waals surface area contributed by atoms with Crippen molar-refractivity contribution in [1.82, 2.24) is 0 Å². The fraction of sp³-hybridized carbons (Fsp3) is 0. The van der Waals surface area contributed by atoms with Crippen molar-refractivity contribution < 1.29 is 19.8 Å². The van der Waals surface area contributed by atoms with E-state index >= 15 is 0 Å². The Morgan fingerprint density at radius 2 is 1.67 bits per heavy atom. The number of carboxylic acids is 1. The molecule has 3 aromatic carbocycles. The van der Waals surface area contributed by atoms with E-state index < -0.39 is 5.97 Å². The maximum atomic E-state index is 13.3. The summed E-state index contributed by atoms with van der Waals surface area (Å²) in [5.41, 5.74) is 2.71. The van der Waals surface area contributed by atoms with Gasteiger partial charge in [-0.1, -0.05) is 54.1 Å².